The summed E-state index contributed by atoms with van der Waals surface area (Å²) >= 11 is 0. The van der Waals surface area contributed by atoms with E-state index in [1.807, 2.05) is 0 Å². The van der Waals surface area contributed by atoms with Crippen LogP contribution >= 0.6 is 0 Å². The lowest BCUT2D eigenvalue weighted by molar-refractivity contribution is 0.117. The van der Waals surface area contributed by atoms with Crippen molar-refractivity contribution in [2.75, 3.05) is 0 Å². The van der Waals surface area contributed by atoms with E-state index in [4.69, 9.17) is 4.52 Å². The molecular weight excluding hydrogens is 432 g/mol. The molecule has 0 aliphatic rings. The molecule has 3 N–H and O–H groups in total. The molecule has 0 aliphatic carbocycles. The van der Waals surface area contributed by atoms with Crippen molar-refractivity contribution < 1.29 is 18.4 Å². The number of imidazole rings is 1. The number of hydrogen-bond acceptors (Lipinski definition) is 6. The van der Waals surface area contributed by atoms with Crippen LogP contribution in [0.2, 0.25) is 0 Å². The molecule has 0 saturated carbocycles. The number of nitrogens with zero attached hydrogens (tertiary/aromatic N) is 3. The summed E-state index contributed by atoms with van der Waals surface area (Å²) in [4.78, 5) is 25.7. The highest BCUT2D eigenvalue weighted by atomic mass is 19.1. The van der Waals surface area contributed by atoms with Gasteiger partial charge in [0.25, 0.3) is 0 Å². The van der Waals surface area contributed by atoms with E-state index in [1.165, 1.54) is 12.1 Å². The predicted molar refractivity (Wildman–Crippen MR) is 114 cm³/mol. The molecule has 0 aliphatic heterocycles. The standard InChI is InChI=1S/C23H17F2N5O3/c1-11-20(12(2)33-30-11)13-7-16(21-17(8-13)28-22(31)29-21)23(32,18-5-3-14(24)9-26-18)19-6-4-15(25)10-27-19/h3-10,32H,1-2H3,(H2,28,29,31). The number of aliphatic hydroxyl groups is 1. The number of nitrogens with one attached hydrogen (secondary N) is 2. The second kappa shape index (κ2) is 7.45. The van der Waals surface area contributed by atoms with Crippen molar-refractivity contribution in [3.8, 4) is 11.1 Å². The summed E-state index contributed by atoms with van der Waals surface area (Å²) in [6.45, 7) is 3.51. The highest BCUT2D eigenvalue weighted by Crippen LogP contribution is 2.40. The molecule has 0 saturated heterocycles. The van der Waals surface area contributed by atoms with E-state index in [9.17, 15) is 18.7 Å². The first-order valence-electron chi connectivity index (χ1n) is 9.93. The number of aromatic amines is 2. The maximum Gasteiger partial charge on any atom is 0.323 e. The number of benzene rings is 1. The van der Waals surface area contributed by atoms with E-state index in [0.717, 1.165) is 24.5 Å². The van der Waals surface area contributed by atoms with Crippen molar-refractivity contribution in [1.82, 2.24) is 25.1 Å². The summed E-state index contributed by atoms with van der Waals surface area (Å²) < 4.78 is 32.6. The summed E-state index contributed by atoms with van der Waals surface area (Å²) in [5.41, 5.74) is 0.275. The van der Waals surface area contributed by atoms with E-state index < -0.39 is 22.9 Å². The molecule has 0 amide bonds. The number of rotatable bonds is 4. The molecule has 0 radical (unpaired) electrons. The lowest BCUT2D eigenvalue weighted by atomic mass is 9.83. The van der Waals surface area contributed by atoms with Gasteiger partial charge in [-0.05, 0) is 55.8 Å². The lowest BCUT2D eigenvalue weighted by Crippen LogP contribution is -2.32. The van der Waals surface area contributed by atoms with Crippen molar-refractivity contribution >= 4 is 11.0 Å². The molecule has 1 aromatic carbocycles. The monoisotopic (exact) mass is 449 g/mol. The van der Waals surface area contributed by atoms with Crippen LogP contribution in [0.3, 0.4) is 0 Å². The Balaban J connectivity index is 1.89. The molecule has 0 atom stereocenters. The smallest absolute Gasteiger partial charge is 0.323 e. The van der Waals surface area contributed by atoms with Gasteiger partial charge in [0.1, 0.15) is 17.4 Å². The van der Waals surface area contributed by atoms with Gasteiger partial charge >= 0.3 is 5.69 Å². The molecule has 4 aromatic heterocycles. The zero-order valence-electron chi connectivity index (χ0n) is 17.5. The van der Waals surface area contributed by atoms with Gasteiger partial charge in [-0.2, -0.15) is 0 Å². The molecule has 166 valence electrons. The van der Waals surface area contributed by atoms with Crippen LogP contribution in [0.15, 0.2) is 58.1 Å². The number of halogens is 2. The maximum atomic E-state index is 13.6. The summed E-state index contributed by atoms with van der Waals surface area (Å²) in [7, 11) is 0. The molecule has 0 fully saturated rings. The van der Waals surface area contributed by atoms with Gasteiger partial charge in [-0.15, -0.1) is 0 Å². The topological polar surface area (TPSA) is 121 Å². The first-order chi connectivity index (χ1) is 15.8. The second-order valence-electron chi connectivity index (χ2n) is 7.66. The average molecular weight is 449 g/mol. The largest absolute Gasteiger partial charge is 0.373 e. The van der Waals surface area contributed by atoms with Crippen LogP contribution in [0.4, 0.5) is 8.78 Å². The fourth-order valence-electron chi connectivity index (χ4n) is 4.05. The fourth-order valence-corrected chi connectivity index (χ4v) is 4.05. The van der Waals surface area contributed by atoms with Crippen molar-refractivity contribution in [3.05, 3.63) is 99.3 Å². The van der Waals surface area contributed by atoms with E-state index in [0.29, 0.717) is 28.1 Å². The van der Waals surface area contributed by atoms with Gasteiger partial charge in [-0.25, -0.2) is 13.6 Å². The van der Waals surface area contributed by atoms with E-state index in [1.54, 1.807) is 26.0 Å². The van der Waals surface area contributed by atoms with Crippen LogP contribution in [0, 0.1) is 25.5 Å². The number of hydrogen-bond donors (Lipinski definition) is 3. The highest BCUT2D eigenvalue weighted by Gasteiger charge is 2.39. The third kappa shape index (κ3) is 3.31. The molecule has 0 unspecified atom stereocenters. The Morgan fingerprint density at radius 2 is 1.61 bits per heavy atom. The van der Waals surface area contributed by atoms with E-state index in [-0.39, 0.29) is 22.5 Å². The van der Waals surface area contributed by atoms with Gasteiger partial charge in [-0.3, -0.25) is 9.97 Å². The normalized spacial score (nSPS) is 11.9. The van der Waals surface area contributed by atoms with Gasteiger partial charge in [-0.1, -0.05) is 5.16 Å². The van der Waals surface area contributed by atoms with Crippen LogP contribution in [-0.2, 0) is 5.60 Å². The first-order valence-corrected chi connectivity index (χ1v) is 9.93. The number of pyridine rings is 2. The summed E-state index contributed by atoms with van der Waals surface area (Å²) in [6, 6.07) is 8.27. The summed E-state index contributed by atoms with van der Waals surface area (Å²) in [6.07, 6.45) is 1.91. The van der Waals surface area contributed by atoms with Crippen LogP contribution in [0.5, 0.6) is 0 Å². The Labute approximate surface area is 184 Å². The zero-order chi connectivity index (χ0) is 23.3. The highest BCUT2D eigenvalue weighted by molar-refractivity contribution is 5.87. The molecule has 4 heterocycles. The van der Waals surface area contributed by atoms with Crippen LogP contribution in [-0.4, -0.2) is 30.2 Å². The maximum absolute atomic E-state index is 13.6. The number of aromatic nitrogens is 5. The molecular formula is C23H17F2N5O3. The molecule has 10 heteroatoms. The number of aryl methyl sites for hydroxylation is 2. The first kappa shape index (κ1) is 20.7. The van der Waals surface area contributed by atoms with Gasteiger partial charge in [0.2, 0.25) is 0 Å². The minimum atomic E-state index is -2.07. The van der Waals surface area contributed by atoms with E-state index in [2.05, 4.69) is 25.1 Å². The number of H-pyrrole nitrogens is 2. The third-order valence-electron chi connectivity index (χ3n) is 5.53. The van der Waals surface area contributed by atoms with Crippen LogP contribution in [0.1, 0.15) is 28.4 Å². The molecule has 0 spiro atoms. The van der Waals surface area contributed by atoms with Crippen molar-refractivity contribution in [2.24, 2.45) is 0 Å². The van der Waals surface area contributed by atoms with Crippen molar-refractivity contribution in [2.45, 2.75) is 19.4 Å². The minimum Gasteiger partial charge on any atom is -0.373 e. The van der Waals surface area contributed by atoms with Gasteiger partial charge in [0.15, 0.2) is 5.60 Å². The molecule has 8 nitrogen and oxygen atoms in total. The van der Waals surface area contributed by atoms with E-state index >= 15 is 0 Å². The molecule has 33 heavy (non-hydrogen) atoms. The lowest BCUT2D eigenvalue weighted by Gasteiger charge is -2.28. The van der Waals surface area contributed by atoms with Crippen LogP contribution < -0.4 is 5.69 Å². The van der Waals surface area contributed by atoms with Gasteiger partial charge in [0, 0.05) is 11.1 Å². The Bertz CT molecular complexity index is 1470. The Hall–Kier alpha value is -4.18. The molecule has 5 aromatic rings. The molecule has 5 rings (SSSR count). The van der Waals surface area contributed by atoms with Crippen molar-refractivity contribution in [3.63, 3.8) is 0 Å². The summed E-state index contributed by atoms with van der Waals surface area (Å²) in [5.74, 6) is -0.658. The Kier molecular flexibility index (Phi) is 4.68. The average Bonchev–Trinajstić information content (AvgIpc) is 3.33. The summed E-state index contributed by atoms with van der Waals surface area (Å²) in [5, 5.41) is 16.1. The SMILES string of the molecule is Cc1noc(C)c1-c1cc(C(O)(c2ccc(F)cn2)c2ccc(F)cn2)c2[nH]c(=O)[nH]c2c1. The predicted octanol–water partition coefficient (Wildman–Crippen LogP) is 3.48. The Morgan fingerprint density at radius 1 is 0.970 bits per heavy atom. The zero-order valence-corrected chi connectivity index (χ0v) is 17.5. The molecule has 0 bridgehead atoms. The van der Waals surface area contributed by atoms with Crippen LogP contribution in [0.25, 0.3) is 22.2 Å². The fraction of sp³-hybridized carbons (Fsp3) is 0.130. The second-order valence-corrected chi connectivity index (χ2v) is 7.66. The quantitative estimate of drug-likeness (QED) is 0.386. The van der Waals surface area contributed by atoms with Crippen molar-refractivity contribution in [1.29, 1.82) is 0 Å². The third-order valence-corrected chi connectivity index (χ3v) is 5.53. The van der Waals surface area contributed by atoms with Gasteiger partial charge < -0.3 is 19.6 Å². The van der Waals surface area contributed by atoms with Gasteiger partial charge in [0.05, 0.1) is 40.5 Å². The number of fused-ring (bicyclic) bond motifs is 1. The Morgan fingerprint density at radius 3 is 2.12 bits per heavy atom. The minimum absolute atomic E-state index is 0.0299.